The topological polar surface area (TPSA) is 38.9 Å². The van der Waals surface area contributed by atoms with Crippen LogP contribution in [0.5, 0.6) is 0 Å². The lowest BCUT2D eigenvalue weighted by Gasteiger charge is -1.99. The molecule has 5 heteroatoms. The molecule has 2 aromatic carbocycles. The predicted molar refractivity (Wildman–Crippen MR) is 85.1 cm³/mol. The fourth-order valence-corrected chi connectivity index (χ4v) is 3.15. The van der Waals surface area contributed by atoms with Crippen LogP contribution in [0.1, 0.15) is 0 Å². The van der Waals surface area contributed by atoms with Gasteiger partial charge in [-0.15, -0.1) is 11.3 Å². The minimum atomic E-state index is -0.279. The molecular formula is C15H10BrFN2S. The molecule has 2 nitrogen and oxygen atoms in total. The number of hydrogen-bond acceptors (Lipinski definition) is 3. The zero-order chi connectivity index (χ0) is 14.1. The van der Waals surface area contributed by atoms with Crippen LogP contribution in [0.2, 0.25) is 0 Å². The summed E-state index contributed by atoms with van der Waals surface area (Å²) in [5.41, 5.74) is 9.02. The lowest BCUT2D eigenvalue weighted by Crippen LogP contribution is -1.84. The molecule has 0 fully saturated rings. The predicted octanol–water partition coefficient (Wildman–Crippen LogP) is 4.96. The molecule has 1 heterocycles. The number of aromatic nitrogens is 1. The van der Waals surface area contributed by atoms with Crippen LogP contribution in [-0.2, 0) is 0 Å². The molecule has 0 aliphatic rings. The molecule has 0 saturated carbocycles. The number of rotatable bonds is 2. The largest absolute Gasteiger partial charge is 0.399 e. The van der Waals surface area contributed by atoms with Crippen LogP contribution in [-0.4, -0.2) is 4.98 Å². The maximum Gasteiger partial charge on any atom is 0.125 e. The first-order valence-corrected chi connectivity index (χ1v) is 7.57. The molecule has 0 bridgehead atoms. The van der Waals surface area contributed by atoms with Gasteiger partial charge >= 0.3 is 0 Å². The molecule has 2 N–H and O–H groups in total. The van der Waals surface area contributed by atoms with Crippen LogP contribution < -0.4 is 5.73 Å². The van der Waals surface area contributed by atoms with Gasteiger partial charge in [-0.3, -0.25) is 0 Å². The summed E-state index contributed by atoms with van der Waals surface area (Å²) < 4.78 is 14.1. The summed E-state index contributed by atoms with van der Waals surface area (Å²) >= 11 is 4.78. The van der Waals surface area contributed by atoms with Crippen LogP contribution in [0.4, 0.5) is 10.1 Å². The summed E-state index contributed by atoms with van der Waals surface area (Å²) in [5.74, 6) is -0.279. The third kappa shape index (κ3) is 2.73. The third-order valence-electron chi connectivity index (χ3n) is 2.82. The molecule has 0 atom stereocenters. The lowest BCUT2D eigenvalue weighted by atomic mass is 10.1. The van der Waals surface area contributed by atoms with E-state index in [9.17, 15) is 4.39 Å². The molecule has 100 valence electrons. The second-order valence-electron chi connectivity index (χ2n) is 4.32. The van der Waals surface area contributed by atoms with Crippen LogP contribution >= 0.6 is 27.3 Å². The Morgan fingerprint density at radius 3 is 2.50 bits per heavy atom. The molecular weight excluding hydrogens is 339 g/mol. The van der Waals surface area contributed by atoms with Gasteiger partial charge in [0.15, 0.2) is 0 Å². The van der Waals surface area contributed by atoms with Gasteiger partial charge in [-0.1, -0.05) is 28.1 Å². The number of halogens is 2. The van der Waals surface area contributed by atoms with Crippen molar-refractivity contribution >= 4 is 33.0 Å². The van der Waals surface area contributed by atoms with Gasteiger partial charge in [0.1, 0.15) is 10.8 Å². The standard InChI is InChI=1S/C15H10BrFN2S/c16-11-5-10(6-12(17)7-11)15-19-14(8-20-15)9-1-3-13(18)4-2-9/h1-8H,18H2. The van der Waals surface area contributed by atoms with Crippen molar-refractivity contribution in [2.24, 2.45) is 0 Å². The van der Waals surface area contributed by atoms with E-state index in [4.69, 9.17) is 5.73 Å². The number of hydrogen-bond donors (Lipinski definition) is 1. The van der Waals surface area contributed by atoms with Gasteiger partial charge < -0.3 is 5.73 Å². The Labute approximate surface area is 128 Å². The first kappa shape index (κ1) is 13.3. The Bertz CT molecular complexity index is 733. The zero-order valence-electron chi connectivity index (χ0n) is 10.3. The number of anilines is 1. The fraction of sp³-hybridized carbons (Fsp3) is 0. The molecule has 3 rings (SSSR count). The summed E-state index contributed by atoms with van der Waals surface area (Å²) in [6.07, 6.45) is 0. The fourth-order valence-electron chi connectivity index (χ4n) is 1.87. The maximum absolute atomic E-state index is 13.4. The van der Waals surface area contributed by atoms with Gasteiger partial charge in [0.25, 0.3) is 0 Å². The quantitative estimate of drug-likeness (QED) is 0.664. The summed E-state index contributed by atoms with van der Waals surface area (Å²) in [6, 6.07) is 12.3. The minimum Gasteiger partial charge on any atom is -0.399 e. The summed E-state index contributed by atoms with van der Waals surface area (Å²) in [5, 5.41) is 2.75. The maximum atomic E-state index is 13.4. The van der Waals surface area contributed by atoms with Crippen molar-refractivity contribution in [2.75, 3.05) is 5.73 Å². The van der Waals surface area contributed by atoms with E-state index in [1.54, 1.807) is 0 Å². The lowest BCUT2D eigenvalue weighted by molar-refractivity contribution is 0.627. The van der Waals surface area contributed by atoms with Crippen LogP contribution in [0.15, 0.2) is 52.3 Å². The molecule has 0 amide bonds. The highest BCUT2D eigenvalue weighted by Gasteiger charge is 2.08. The average Bonchev–Trinajstić information content (AvgIpc) is 2.88. The highest BCUT2D eigenvalue weighted by Crippen LogP contribution is 2.31. The van der Waals surface area contributed by atoms with Crippen molar-refractivity contribution in [3.05, 3.63) is 58.1 Å². The normalized spacial score (nSPS) is 10.7. The summed E-state index contributed by atoms with van der Waals surface area (Å²) in [4.78, 5) is 4.55. The molecule has 0 aliphatic heterocycles. The smallest absolute Gasteiger partial charge is 0.125 e. The number of thiazole rings is 1. The monoisotopic (exact) mass is 348 g/mol. The molecule has 0 radical (unpaired) electrons. The van der Waals surface area contributed by atoms with E-state index < -0.39 is 0 Å². The first-order valence-electron chi connectivity index (χ1n) is 5.90. The van der Waals surface area contributed by atoms with Gasteiger partial charge in [-0.05, 0) is 30.3 Å². The number of nitrogen functional groups attached to an aromatic ring is 1. The van der Waals surface area contributed by atoms with Crippen molar-refractivity contribution in [1.29, 1.82) is 0 Å². The Balaban J connectivity index is 1.99. The Kier molecular flexibility index (Phi) is 3.54. The molecule has 20 heavy (non-hydrogen) atoms. The molecule has 0 unspecified atom stereocenters. The van der Waals surface area contributed by atoms with Crippen LogP contribution in [0.3, 0.4) is 0 Å². The summed E-state index contributed by atoms with van der Waals surface area (Å²) in [6.45, 7) is 0. The summed E-state index contributed by atoms with van der Waals surface area (Å²) in [7, 11) is 0. The molecule has 0 aliphatic carbocycles. The Hall–Kier alpha value is -1.72. The second-order valence-corrected chi connectivity index (χ2v) is 6.09. The second kappa shape index (κ2) is 5.34. The molecule has 3 aromatic rings. The van der Waals surface area contributed by atoms with E-state index in [2.05, 4.69) is 20.9 Å². The van der Waals surface area contributed by atoms with E-state index >= 15 is 0 Å². The van der Waals surface area contributed by atoms with Crippen molar-refractivity contribution < 1.29 is 4.39 Å². The van der Waals surface area contributed by atoms with E-state index in [0.29, 0.717) is 4.47 Å². The van der Waals surface area contributed by atoms with Crippen molar-refractivity contribution in [3.8, 4) is 21.8 Å². The van der Waals surface area contributed by atoms with Crippen molar-refractivity contribution in [3.63, 3.8) is 0 Å². The molecule has 0 spiro atoms. The minimum absolute atomic E-state index is 0.279. The van der Waals surface area contributed by atoms with Crippen molar-refractivity contribution in [2.45, 2.75) is 0 Å². The van der Waals surface area contributed by atoms with Crippen LogP contribution in [0.25, 0.3) is 21.8 Å². The van der Waals surface area contributed by atoms with Gasteiger partial charge in [0.2, 0.25) is 0 Å². The highest BCUT2D eigenvalue weighted by atomic mass is 79.9. The zero-order valence-corrected chi connectivity index (χ0v) is 12.7. The van der Waals surface area contributed by atoms with Gasteiger partial charge in [0.05, 0.1) is 5.69 Å². The molecule has 0 saturated heterocycles. The van der Waals surface area contributed by atoms with Gasteiger partial charge in [-0.2, -0.15) is 0 Å². The number of nitrogens with two attached hydrogens (primary N) is 1. The van der Waals surface area contributed by atoms with E-state index in [1.165, 1.54) is 23.5 Å². The third-order valence-corrected chi connectivity index (χ3v) is 4.17. The Morgan fingerprint density at radius 2 is 1.80 bits per heavy atom. The number of nitrogens with zero attached hydrogens (tertiary/aromatic N) is 1. The van der Waals surface area contributed by atoms with E-state index in [0.717, 1.165) is 27.5 Å². The SMILES string of the molecule is Nc1ccc(-c2csc(-c3cc(F)cc(Br)c3)n2)cc1. The first-order chi connectivity index (χ1) is 9.61. The molecule has 1 aromatic heterocycles. The number of benzene rings is 2. The van der Waals surface area contributed by atoms with Gasteiger partial charge in [0, 0.05) is 26.7 Å². The van der Waals surface area contributed by atoms with E-state index in [-0.39, 0.29) is 5.82 Å². The van der Waals surface area contributed by atoms with Gasteiger partial charge in [-0.25, -0.2) is 9.37 Å². The Morgan fingerprint density at radius 1 is 1.05 bits per heavy atom. The van der Waals surface area contributed by atoms with Crippen molar-refractivity contribution in [1.82, 2.24) is 4.98 Å². The van der Waals surface area contributed by atoms with E-state index in [1.807, 2.05) is 35.7 Å². The highest BCUT2D eigenvalue weighted by molar-refractivity contribution is 9.10. The van der Waals surface area contributed by atoms with Crippen LogP contribution in [0, 0.1) is 5.82 Å². The average molecular weight is 349 g/mol.